The molecule has 3 unspecified atom stereocenters. The predicted octanol–water partition coefficient (Wildman–Crippen LogP) is 4.17. The van der Waals surface area contributed by atoms with Crippen LogP contribution >= 0.6 is 24.0 Å². The van der Waals surface area contributed by atoms with Crippen LogP contribution in [-0.2, 0) is 19.1 Å². The monoisotopic (exact) mass is 571 g/mol. The van der Waals surface area contributed by atoms with Gasteiger partial charge in [0.25, 0.3) is 0 Å². The number of thioether (sulfide) groups is 1. The first-order valence-electron chi connectivity index (χ1n) is 13.9. The highest BCUT2D eigenvalue weighted by Gasteiger charge is 2.45. The number of aliphatic hydroxyl groups excluding tert-OH is 1. The summed E-state index contributed by atoms with van der Waals surface area (Å²) in [4.78, 5) is 27.9. The van der Waals surface area contributed by atoms with Crippen molar-refractivity contribution in [2.45, 2.75) is 84.9 Å². The Morgan fingerprint density at radius 2 is 2.03 bits per heavy atom. The van der Waals surface area contributed by atoms with Crippen molar-refractivity contribution in [2.75, 3.05) is 46.0 Å². The van der Waals surface area contributed by atoms with Crippen molar-refractivity contribution in [1.82, 2.24) is 15.3 Å². The van der Waals surface area contributed by atoms with Crippen LogP contribution in [0.1, 0.15) is 74.1 Å². The van der Waals surface area contributed by atoms with Crippen molar-refractivity contribution >= 4 is 40.2 Å². The lowest BCUT2D eigenvalue weighted by Gasteiger charge is -2.44. The minimum absolute atomic E-state index is 0.100. The molecule has 1 amide bonds. The van der Waals surface area contributed by atoms with E-state index >= 15 is 0 Å². The summed E-state index contributed by atoms with van der Waals surface area (Å²) in [7, 11) is 0. The Morgan fingerprint density at radius 1 is 1.32 bits per heavy atom. The lowest BCUT2D eigenvalue weighted by molar-refractivity contribution is -0.152. The van der Waals surface area contributed by atoms with Crippen LogP contribution in [0.5, 0.6) is 0 Å². The molecule has 8 nitrogen and oxygen atoms in total. The van der Waals surface area contributed by atoms with Gasteiger partial charge in [-0.3, -0.25) is 15.0 Å². The second-order valence-corrected chi connectivity index (χ2v) is 13.9. The molecule has 2 aliphatic heterocycles. The highest BCUT2D eigenvalue weighted by Crippen LogP contribution is 2.43. The highest BCUT2D eigenvalue weighted by atomic mass is 32.2. The van der Waals surface area contributed by atoms with Gasteiger partial charge in [-0.1, -0.05) is 44.2 Å². The second-order valence-electron chi connectivity index (χ2n) is 11.7. The van der Waals surface area contributed by atoms with Gasteiger partial charge in [-0.25, -0.2) is 5.01 Å². The summed E-state index contributed by atoms with van der Waals surface area (Å²) in [5, 5.41) is 11.7. The molecule has 10 heteroatoms. The Kier molecular flexibility index (Phi) is 13.0. The molecule has 1 fully saturated rings. The Bertz CT molecular complexity index is 848. The molecule has 0 aromatic rings. The van der Waals surface area contributed by atoms with Crippen LogP contribution in [0.25, 0.3) is 0 Å². The Morgan fingerprint density at radius 3 is 2.63 bits per heavy atom. The zero-order valence-corrected chi connectivity index (χ0v) is 26.0. The number of likely N-dealkylation sites (tertiary alicyclic amines) is 1. The quantitative estimate of drug-likeness (QED) is 0.146. The smallest absolute Gasteiger partial charge is 0.309 e. The van der Waals surface area contributed by atoms with E-state index in [4.69, 9.17) is 21.7 Å². The molecule has 2 heterocycles. The fourth-order valence-corrected chi connectivity index (χ4v) is 6.77. The maximum absolute atomic E-state index is 13.1. The molecule has 218 valence electrons. The topological polar surface area (TPSA) is 91.3 Å². The lowest BCUT2D eigenvalue weighted by Crippen LogP contribution is -2.52. The molecule has 0 saturated carbocycles. The maximum Gasteiger partial charge on any atom is 0.309 e. The molecule has 2 aliphatic rings. The third-order valence-corrected chi connectivity index (χ3v) is 9.45. The summed E-state index contributed by atoms with van der Waals surface area (Å²) >= 11 is 6.92. The molecule has 0 bridgehead atoms. The number of hydrogen-bond acceptors (Lipinski definition) is 9. The molecular formula is C28H49N3O5S2. The third kappa shape index (κ3) is 9.47. The highest BCUT2D eigenvalue weighted by molar-refractivity contribution is 8.23. The number of amides is 1. The molecule has 3 atom stereocenters. The van der Waals surface area contributed by atoms with E-state index in [-0.39, 0.29) is 41.1 Å². The van der Waals surface area contributed by atoms with Crippen molar-refractivity contribution in [1.29, 1.82) is 0 Å². The van der Waals surface area contributed by atoms with Gasteiger partial charge in [-0.2, -0.15) is 0 Å². The summed E-state index contributed by atoms with van der Waals surface area (Å²) < 4.78 is 11.4. The molecule has 0 radical (unpaired) electrons. The normalized spacial score (nSPS) is 21.1. The number of nitrogens with one attached hydrogen (secondary N) is 1. The number of hydrogen-bond donors (Lipinski definition) is 2. The third-order valence-electron chi connectivity index (χ3n) is 8.00. The number of carbonyl (C=O) groups is 2. The molecule has 0 aromatic carbocycles. The number of ether oxygens (including phenoxy) is 2. The van der Waals surface area contributed by atoms with Gasteiger partial charge in [0, 0.05) is 49.3 Å². The van der Waals surface area contributed by atoms with Crippen molar-refractivity contribution in [3.63, 3.8) is 0 Å². The average Bonchev–Trinajstić information content (AvgIpc) is 3.17. The van der Waals surface area contributed by atoms with Crippen molar-refractivity contribution < 1.29 is 24.2 Å². The van der Waals surface area contributed by atoms with E-state index < -0.39 is 5.41 Å². The number of thiocarbonyl (C=S) groups is 1. The largest absolute Gasteiger partial charge is 0.479 e. The number of hydrazine groups is 1. The lowest BCUT2D eigenvalue weighted by atomic mass is 9.73. The molecule has 0 spiro atoms. The minimum Gasteiger partial charge on any atom is -0.479 e. The number of esters is 1. The number of rotatable bonds is 13. The predicted molar refractivity (Wildman–Crippen MR) is 158 cm³/mol. The van der Waals surface area contributed by atoms with Gasteiger partial charge < -0.3 is 19.5 Å². The van der Waals surface area contributed by atoms with Crippen LogP contribution in [-0.4, -0.2) is 88.1 Å². The summed E-state index contributed by atoms with van der Waals surface area (Å²) in [6, 6.07) is -0.100. The second kappa shape index (κ2) is 15.0. The number of carbonyl (C=O) groups excluding carboxylic acids is 2. The van der Waals surface area contributed by atoms with E-state index in [0.717, 1.165) is 32.6 Å². The number of nitrogens with zero attached hydrogens (tertiary/aromatic N) is 2. The fourth-order valence-electron chi connectivity index (χ4n) is 5.06. The molecule has 0 aromatic heterocycles. The molecule has 38 heavy (non-hydrogen) atoms. The first kappa shape index (κ1) is 33.0. The summed E-state index contributed by atoms with van der Waals surface area (Å²) in [5.41, 5.74) is 4.14. The van der Waals surface area contributed by atoms with E-state index in [9.17, 15) is 14.7 Å². The zero-order valence-electron chi connectivity index (χ0n) is 24.4. The summed E-state index contributed by atoms with van der Waals surface area (Å²) in [6.07, 6.45) is 4.87. The minimum atomic E-state index is -0.403. The Hall–Kier alpha value is -1.20. The maximum atomic E-state index is 13.1. The average molecular weight is 572 g/mol. The van der Waals surface area contributed by atoms with Gasteiger partial charge in [-0.05, 0) is 64.6 Å². The van der Waals surface area contributed by atoms with Crippen LogP contribution in [0.2, 0.25) is 0 Å². The van der Waals surface area contributed by atoms with Gasteiger partial charge >= 0.3 is 5.97 Å². The molecule has 2 rings (SSSR count). The van der Waals surface area contributed by atoms with E-state index in [2.05, 4.69) is 44.2 Å². The molecule has 0 aliphatic carbocycles. The number of aliphatic hydroxyl groups is 1. The van der Waals surface area contributed by atoms with Gasteiger partial charge in [-0.15, -0.1) is 0 Å². The van der Waals surface area contributed by atoms with Gasteiger partial charge in [0.1, 0.15) is 0 Å². The van der Waals surface area contributed by atoms with Crippen LogP contribution in [0.3, 0.4) is 0 Å². The zero-order chi connectivity index (χ0) is 28.5. The molecule has 2 N–H and O–H groups in total. The van der Waals surface area contributed by atoms with Crippen LogP contribution in [0.15, 0.2) is 11.6 Å². The van der Waals surface area contributed by atoms with Crippen LogP contribution < -0.4 is 5.43 Å². The van der Waals surface area contributed by atoms with Crippen molar-refractivity contribution in [3.05, 3.63) is 11.6 Å². The van der Waals surface area contributed by atoms with Gasteiger partial charge in [0.15, 0.2) is 0 Å². The Balaban J connectivity index is 1.97. The van der Waals surface area contributed by atoms with Crippen molar-refractivity contribution in [2.24, 2.45) is 17.3 Å². The van der Waals surface area contributed by atoms with E-state index in [1.165, 1.54) is 17.3 Å². The van der Waals surface area contributed by atoms with Crippen LogP contribution in [0, 0.1) is 17.3 Å². The first-order chi connectivity index (χ1) is 17.8. The van der Waals surface area contributed by atoms with E-state index in [1.54, 1.807) is 0 Å². The van der Waals surface area contributed by atoms with E-state index in [1.807, 2.05) is 25.7 Å². The van der Waals surface area contributed by atoms with Gasteiger partial charge in [0.2, 0.25) is 10.3 Å². The fraction of sp³-hybridized carbons (Fsp3) is 0.821. The van der Waals surface area contributed by atoms with Gasteiger partial charge in [0.05, 0.1) is 25.7 Å². The molecular weight excluding hydrogens is 522 g/mol. The SMILES string of the molecule is CCOC(=S)SC(C)(C)C(CC(C)(C)C(C)C(=O)OCCCN1CC(CO)C(C)=CCN1)N1CCCC1=O. The Labute approximate surface area is 239 Å². The standard InChI is InChI=1S/C28H49N3O5S2/c1-8-35-26(37)38-28(6,7)23(31-15-9-11-24(31)33)17-27(4,5)21(3)25(34)36-16-10-14-30-18-22(19-32)20(2)12-13-29-30/h12,21-23,29,32H,8-11,13-19H2,1-7H3. The summed E-state index contributed by atoms with van der Waals surface area (Å²) in [5.74, 6) is -0.280. The molecule has 1 saturated heterocycles. The summed E-state index contributed by atoms with van der Waals surface area (Å²) in [6.45, 7) is 18.1. The first-order valence-corrected chi connectivity index (χ1v) is 15.1. The van der Waals surface area contributed by atoms with Crippen LogP contribution in [0.4, 0.5) is 0 Å². The van der Waals surface area contributed by atoms with E-state index in [0.29, 0.717) is 36.9 Å². The van der Waals surface area contributed by atoms with Crippen molar-refractivity contribution in [3.8, 4) is 0 Å².